The molecule has 6 atom stereocenters. The first-order valence-electron chi connectivity index (χ1n) is 17.9. The van der Waals surface area contributed by atoms with E-state index in [1.807, 2.05) is 27.7 Å². The third kappa shape index (κ3) is 8.26. The minimum Gasteiger partial charge on any atom is -0.347 e. The molecule has 1 aromatic heterocycles. The summed E-state index contributed by atoms with van der Waals surface area (Å²) in [4.78, 5) is 89.8. The van der Waals surface area contributed by atoms with E-state index in [0.717, 1.165) is 64.2 Å². The number of aromatic nitrogens is 2. The predicted octanol–water partition coefficient (Wildman–Crippen LogP) is 2.38. The molecule has 264 valence electrons. The Morgan fingerprint density at radius 2 is 1.67 bits per heavy atom. The maximum absolute atomic E-state index is 14.6. The summed E-state index contributed by atoms with van der Waals surface area (Å²) in [5.41, 5.74) is -0.480. The molecule has 13 nitrogen and oxygen atoms in total. The average Bonchev–Trinajstić information content (AvgIpc) is 3.40. The molecule has 5 N–H and O–H groups in total. The van der Waals surface area contributed by atoms with Crippen LogP contribution in [0.25, 0.3) is 0 Å². The van der Waals surface area contributed by atoms with Gasteiger partial charge in [0.15, 0.2) is 0 Å². The van der Waals surface area contributed by atoms with Crippen molar-refractivity contribution in [3.05, 3.63) is 18.2 Å². The highest BCUT2D eigenvalue weighted by molar-refractivity contribution is 6.38. The second kappa shape index (κ2) is 15.2. The number of amides is 5. The summed E-state index contributed by atoms with van der Waals surface area (Å²) >= 11 is 0. The molecule has 0 bridgehead atoms. The van der Waals surface area contributed by atoms with Gasteiger partial charge in [0.05, 0.1) is 18.6 Å². The van der Waals surface area contributed by atoms with Crippen molar-refractivity contribution in [1.29, 1.82) is 0 Å². The Hall–Kier alpha value is -3.77. The number of Topliss-reactive ketones (excluding diaryl/α,β-unsaturated/α-hetero) is 1. The summed E-state index contributed by atoms with van der Waals surface area (Å²) in [6.07, 6.45) is 12.5. The van der Waals surface area contributed by atoms with Crippen molar-refractivity contribution in [3.8, 4) is 0 Å². The van der Waals surface area contributed by atoms with E-state index in [4.69, 9.17) is 0 Å². The molecule has 2 heterocycles. The highest BCUT2D eigenvalue weighted by atomic mass is 16.2. The van der Waals surface area contributed by atoms with Crippen molar-refractivity contribution >= 4 is 35.3 Å². The number of nitrogens with one attached hydrogen (secondary N) is 5. The van der Waals surface area contributed by atoms with Crippen LogP contribution in [-0.4, -0.2) is 86.9 Å². The Kier molecular flexibility index (Phi) is 11.2. The van der Waals surface area contributed by atoms with Gasteiger partial charge >= 0.3 is 0 Å². The van der Waals surface area contributed by atoms with Gasteiger partial charge in [0.1, 0.15) is 23.8 Å². The Morgan fingerprint density at radius 3 is 2.29 bits per heavy atom. The number of fused-ring (bicyclic) bond motifs is 1. The van der Waals surface area contributed by atoms with Gasteiger partial charge in [0, 0.05) is 12.6 Å². The van der Waals surface area contributed by atoms with Crippen LogP contribution in [0.1, 0.15) is 115 Å². The lowest BCUT2D eigenvalue weighted by Gasteiger charge is -2.38. The number of imidazole rings is 1. The van der Waals surface area contributed by atoms with Crippen LogP contribution in [0.4, 0.5) is 0 Å². The molecule has 0 spiro atoms. The van der Waals surface area contributed by atoms with Crippen molar-refractivity contribution in [2.75, 3.05) is 6.54 Å². The SMILES string of the molecule is CCC[C@H](NC(=O)[C@@H]1[C@H]2CCC[C@H]2CN1C(=O)[C@@H](NC(=O)[C@@H](NC(=O)c1cnc[nH]1)C1CCCCC1)C(C)(C)C)C(=O)C(=O)NC1CC1. The van der Waals surface area contributed by atoms with Crippen LogP contribution in [0.15, 0.2) is 12.5 Å². The molecule has 3 saturated carbocycles. The van der Waals surface area contributed by atoms with E-state index < -0.39 is 59.0 Å². The molecule has 13 heteroatoms. The fraction of sp³-hybridized carbons (Fsp3) is 0.743. The second-order valence-corrected chi connectivity index (χ2v) is 15.4. The normalized spacial score (nSPS) is 24.6. The summed E-state index contributed by atoms with van der Waals surface area (Å²) in [7, 11) is 0. The van der Waals surface area contributed by atoms with Crippen molar-refractivity contribution in [2.24, 2.45) is 23.2 Å². The molecule has 0 unspecified atom stereocenters. The van der Waals surface area contributed by atoms with Crippen molar-refractivity contribution in [2.45, 2.75) is 135 Å². The first-order valence-corrected chi connectivity index (χ1v) is 17.9. The molecule has 3 aliphatic carbocycles. The molecule has 1 aromatic rings. The molecule has 0 radical (unpaired) electrons. The van der Waals surface area contributed by atoms with Gasteiger partial charge < -0.3 is 31.2 Å². The van der Waals surface area contributed by atoms with Crippen molar-refractivity contribution in [3.63, 3.8) is 0 Å². The van der Waals surface area contributed by atoms with Crippen LogP contribution in [0.5, 0.6) is 0 Å². The van der Waals surface area contributed by atoms with Crippen LogP contribution >= 0.6 is 0 Å². The average molecular weight is 668 g/mol. The Labute approximate surface area is 282 Å². The maximum atomic E-state index is 14.6. The van der Waals surface area contributed by atoms with Gasteiger partial charge in [-0.1, -0.05) is 59.8 Å². The van der Waals surface area contributed by atoms with Gasteiger partial charge in [-0.05, 0) is 68.1 Å². The third-order valence-electron chi connectivity index (χ3n) is 10.6. The van der Waals surface area contributed by atoms with Crippen LogP contribution in [0, 0.1) is 23.2 Å². The summed E-state index contributed by atoms with van der Waals surface area (Å²) < 4.78 is 0. The van der Waals surface area contributed by atoms with Crippen molar-refractivity contribution in [1.82, 2.24) is 36.1 Å². The molecule has 1 saturated heterocycles. The highest BCUT2D eigenvalue weighted by Gasteiger charge is 2.52. The van der Waals surface area contributed by atoms with Gasteiger partial charge in [-0.15, -0.1) is 0 Å². The number of aromatic amines is 1. The van der Waals surface area contributed by atoms with E-state index >= 15 is 0 Å². The molecule has 0 aromatic carbocycles. The van der Waals surface area contributed by atoms with E-state index in [1.165, 1.54) is 12.5 Å². The zero-order chi connectivity index (χ0) is 34.6. The van der Waals surface area contributed by atoms with E-state index in [9.17, 15) is 28.8 Å². The first-order chi connectivity index (χ1) is 22.9. The summed E-state index contributed by atoms with van der Waals surface area (Å²) in [6, 6.07) is -3.61. The minimum absolute atomic E-state index is 0.0164. The van der Waals surface area contributed by atoms with Gasteiger partial charge in [-0.3, -0.25) is 28.8 Å². The van der Waals surface area contributed by atoms with E-state index in [1.54, 1.807) is 4.90 Å². The molecule has 1 aliphatic heterocycles. The molecule has 5 rings (SSSR count). The maximum Gasteiger partial charge on any atom is 0.289 e. The molecular weight excluding hydrogens is 614 g/mol. The van der Waals surface area contributed by atoms with E-state index in [-0.39, 0.29) is 35.4 Å². The molecular formula is C35H53N7O6. The highest BCUT2D eigenvalue weighted by Crippen LogP contribution is 2.43. The third-order valence-corrected chi connectivity index (χ3v) is 10.6. The lowest BCUT2D eigenvalue weighted by Crippen LogP contribution is -2.62. The zero-order valence-corrected chi connectivity index (χ0v) is 28.8. The van der Waals surface area contributed by atoms with Gasteiger partial charge in [0.25, 0.3) is 11.8 Å². The molecule has 4 fully saturated rings. The molecule has 48 heavy (non-hydrogen) atoms. The Morgan fingerprint density at radius 1 is 0.938 bits per heavy atom. The fourth-order valence-electron chi connectivity index (χ4n) is 7.84. The summed E-state index contributed by atoms with van der Waals surface area (Å²) in [5.74, 6) is -3.06. The second-order valence-electron chi connectivity index (χ2n) is 15.4. The smallest absolute Gasteiger partial charge is 0.289 e. The Balaban J connectivity index is 1.35. The van der Waals surface area contributed by atoms with E-state index in [0.29, 0.717) is 19.4 Å². The molecule has 4 aliphatic rings. The predicted molar refractivity (Wildman–Crippen MR) is 177 cm³/mol. The number of H-pyrrole nitrogens is 1. The first kappa shape index (κ1) is 35.5. The number of ketones is 1. The van der Waals surface area contributed by atoms with Crippen LogP contribution in [0.2, 0.25) is 0 Å². The van der Waals surface area contributed by atoms with Gasteiger partial charge in [0.2, 0.25) is 23.5 Å². The summed E-state index contributed by atoms with van der Waals surface area (Å²) in [6.45, 7) is 7.87. The zero-order valence-electron chi connectivity index (χ0n) is 28.8. The number of carbonyl (C=O) groups excluding carboxylic acids is 6. The van der Waals surface area contributed by atoms with Crippen LogP contribution in [0.3, 0.4) is 0 Å². The standard InChI is InChI=1S/C35H53N7O6/c1-5-10-24(28(43)33(47)38-22-15-16-22)39-32(46)27-23-14-9-13-21(23)18-42(27)34(48)29(35(2,3)4)41-31(45)26(20-11-7-6-8-12-20)40-30(44)25-17-36-19-37-25/h17,19-24,26-27,29H,5-16,18H2,1-4H3,(H,36,37)(H,38,47)(H,39,46)(H,40,44)(H,41,45)/t21-,23-,24-,26-,27-,29+/m0/s1. The lowest BCUT2D eigenvalue weighted by atomic mass is 9.82. The van der Waals surface area contributed by atoms with Crippen LogP contribution in [-0.2, 0) is 24.0 Å². The fourth-order valence-corrected chi connectivity index (χ4v) is 7.84. The monoisotopic (exact) mass is 667 g/mol. The lowest BCUT2D eigenvalue weighted by molar-refractivity contribution is -0.146. The topological polar surface area (TPSA) is 182 Å². The largest absolute Gasteiger partial charge is 0.347 e. The van der Waals surface area contributed by atoms with E-state index in [2.05, 4.69) is 31.2 Å². The minimum atomic E-state index is -0.980. The molecule has 5 amide bonds. The number of hydrogen-bond acceptors (Lipinski definition) is 7. The quantitative estimate of drug-likeness (QED) is 0.200. The summed E-state index contributed by atoms with van der Waals surface area (Å²) in [5, 5.41) is 11.5. The Bertz CT molecular complexity index is 1350. The van der Waals surface area contributed by atoms with Crippen molar-refractivity contribution < 1.29 is 28.8 Å². The number of hydrogen-bond donors (Lipinski definition) is 5. The van der Waals surface area contributed by atoms with Crippen LogP contribution < -0.4 is 21.3 Å². The number of likely N-dealkylation sites (tertiary alicyclic amines) is 1. The number of rotatable bonds is 13. The van der Waals surface area contributed by atoms with Gasteiger partial charge in [-0.2, -0.15) is 0 Å². The number of nitrogens with zero attached hydrogens (tertiary/aromatic N) is 2. The number of carbonyl (C=O) groups is 6. The van der Waals surface area contributed by atoms with Gasteiger partial charge in [-0.25, -0.2) is 4.98 Å².